The van der Waals surface area contributed by atoms with E-state index < -0.39 is 40.6 Å². The van der Waals surface area contributed by atoms with Crippen LogP contribution < -0.4 is 5.32 Å². The van der Waals surface area contributed by atoms with E-state index in [1.807, 2.05) is 32.0 Å². The maximum atomic E-state index is 14.1. The van der Waals surface area contributed by atoms with Crippen LogP contribution in [0.1, 0.15) is 63.7 Å². The highest BCUT2D eigenvalue weighted by Gasteiger charge is 2.45. The van der Waals surface area contributed by atoms with Crippen molar-refractivity contribution in [2.45, 2.75) is 46.2 Å². The SMILES string of the molecule is CCC(C(=O)N(CC)C(C(=O)Nc1c(C)cccc1C)c1cccc([N+](=O)[O-])c1)N1C(=O)c2ccccc2C1=O. The summed E-state index contributed by atoms with van der Waals surface area (Å²) in [6, 6.07) is 15.0. The van der Waals surface area contributed by atoms with Gasteiger partial charge in [-0.1, -0.05) is 49.4 Å². The zero-order chi connectivity index (χ0) is 29.1. The van der Waals surface area contributed by atoms with Gasteiger partial charge in [-0.05, 0) is 56.0 Å². The lowest BCUT2D eigenvalue weighted by atomic mass is 10.0. The molecule has 40 heavy (non-hydrogen) atoms. The number of imide groups is 1. The topological polar surface area (TPSA) is 130 Å². The third-order valence-corrected chi connectivity index (χ3v) is 7.12. The van der Waals surface area contributed by atoms with E-state index in [-0.39, 0.29) is 35.3 Å². The maximum absolute atomic E-state index is 14.1. The van der Waals surface area contributed by atoms with E-state index in [0.717, 1.165) is 16.0 Å². The summed E-state index contributed by atoms with van der Waals surface area (Å²) >= 11 is 0. The van der Waals surface area contributed by atoms with Crippen LogP contribution in [0, 0.1) is 24.0 Å². The largest absolute Gasteiger partial charge is 0.325 e. The van der Waals surface area contributed by atoms with Crippen molar-refractivity contribution in [3.8, 4) is 0 Å². The van der Waals surface area contributed by atoms with Gasteiger partial charge in [0.25, 0.3) is 23.4 Å². The van der Waals surface area contributed by atoms with Crippen LogP contribution in [-0.2, 0) is 9.59 Å². The molecular weight excluding hydrogens is 512 g/mol. The van der Waals surface area contributed by atoms with E-state index in [9.17, 15) is 29.3 Å². The first-order valence-corrected chi connectivity index (χ1v) is 13.0. The number of rotatable bonds is 9. The fourth-order valence-electron chi connectivity index (χ4n) is 5.10. The first-order chi connectivity index (χ1) is 19.1. The maximum Gasteiger partial charge on any atom is 0.269 e. The Morgan fingerprint density at radius 3 is 2.02 bits per heavy atom. The van der Waals surface area contributed by atoms with E-state index in [0.29, 0.717) is 5.69 Å². The fourth-order valence-corrected chi connectivity index (χ4v) is 5.10. The molecule has 4 rings (SSSR count). The lowest BCUT2D eigenvalue weighted by Gasteiger charge is -2.35. The third kappa shape index (κ3) is 5.07. The molecule has 3 aromatic rings. The van der Waals surface area contributed by atoms with Crippen LogP contribution in [0.25, 0.3) is 0 Å². The second-order valence-electron chi connectivity index (χ2n) is 9.58. The van der Waals surface area contributed by atoms with Crippen LogP contribution in [-0.4, -0.2) is 50.9 Å². The monoisotopic (exact) mass is 542 g/mol. The Labute approximate surface area is 231 Å². The number of non-ortho nitro benzene ring substituents is 1. The minimum absolute atomic E-state index is 0.0338. The van der Waals surface area contributed by atoms with Crippen LogP contribution in [0.4, 0.5) is 11.4 Å². The molecule has 0 bridgehead atoms. The highest BCUT2D eigenvalue weighted by Crippen LogP contribution is 2.31. The number of aryl methyl sites for hydroxylation is 2. The van der Waals surface area contributed by atoms with E-state index in [4.69, 9.17) is 0 Å². The van der Waals surface area contributed by atoms with Gasteiger partial charge >= 0.3 is 0 Å². The molecule has 1 N–H and O–H groups in total. The van der Waals surface area contributed by atoms with E-state index in [2.05, 4.69) is 5.32 Å². The Morgan fingerprint density at radius 2 is 1.50 bits per heavy atom. The molecule has 3 aromatic carbocycles. The average molecular weight is 543 g/mol. The van der Waals surface area contributed by atoms with E-state index >= 15 is 0 Å². The molecule has 1 aliphatic rings. The van der Waals surface area contributed by atoms with Gasteiger partial charge in [-0.15, -0.1) is 0 Å². The lowest BCUT2D eigenvalue weighted by Crippen LogP contribution is -2.53. The Morgan fingerprint density at radius 1 is 0.925 bits per heavy atom. The molecule has 1 aliphatic heterocycles. The molecule has 0 saturated carbocycles. The van der Waals surface area contributed by atoms with Crippen LogP contribution in [0.3, 0.4) is 0 Å². The van der Waals surface area contributed by atoms with Crippen molar-refractivity contribution in [2.75, 3.05) is 11.9 Å². The van der Waals surface area contributed by atoms with Crippen molar-refractivity contribution in [1.82, 2.24) is 9.80 Å². The molecule has 206 valence electrons. The molecule has 10 nitrogen and oxygen atoms in total. The van der Waals surface area contributed by atoms with Crippen LogP contribution in [0.15, 0.2) is 66.7 Å². The number of para-hydroxylation sites is 1. The number of carbonyl (C=O) groups excluding carboxylic acids is 4. The van der Waals surface area contributed by atoms with Gasteiger partial charge < -0.3 is 10.2 Å². The summed E-state index contributed by atoms with van der Waals surface area (Å²) < 4.78 is 0. The summed E-state index contributed by atoms with van der Waals surface area (Å²) in [4.78, 5) is 67.7. The second-order valence-corrected chi connectivity index (χ2v) is 9.58. The number of nitrogens with one attached hydrogen (secondary N) is 1. The Hall–Kier alpha value is -4.86. The van der Waals surface area contributed by atoms with Gasteiger partial charge in [0.1, 0.15) is 12.1 Å². The molecular formula is C30H30N4O6. The molecule has 0 saturated heterocycles. The number of carbonyl (C=O) groups is 4. The van der Waals surface area contributed by atoms with Crippen molar-refractivity contribution in [3.05, 3.63) is 105 Å². The normalized spacial score (nSPS) is 13.9. The summed E-state index contributed by atoms with van der Waals surface area (Å²) in [7, 11) is 0. The Balaban J connectivity index is 1.77. The molecule has 1 heterocycles. The summed E-state index contributed by atoms with van der Waals surface area (Å²) in [6.07, 6.45) is 0.112. The minimum atomic E-state index is -1.28. The number of fused-ring (bicyclic) bond motifs is 1. The number of benzene rings is 3. The summed E-state index contributed by atoms with van der Waals surface area (Å²) in [5, 5.41) is 14.5. The van der Waals surface area contributed by atoms with Crippen molar-refractivity contribution >= 4 is 35.0 Å². The molecule has 0 radical (unpaired) electrons. The van der Waals surface area contributed by atoms with Gasteiger partial charge in [0, 0.05) is 24.4 Å². The van der Waals surface area contributed by atoms with Gasteiger partial charge in [-0.25, -0.2) is 0 Å². The van der Waals surface area contributed by atoms with Gasteiger partial charge in [0.05, 0.1) is 16.1 Å². The molecule has 0 aromatic heterocycles. The number of likely N-dealkylation sites (N-methyl/N-ethyl adjacent to an activating group) is 1. The van der Waals surface area contributed by atoms with Crippen molar-refractivity contribution in [1.29, 1.82) is 0 Å². The van der Waals surface area contributed by atoms with Crippen LogP contribution >= 0.6 is 0 Å². The van der Waals surface area contributed by atoms with Gasteiger partial charge in [0.15, 0.2) is 0 Å². The second kappa shape index (κ2) is 11.5. The molecule has 0 aliphatic carbocycles. The fraction of sp³-hybridized carbons (Fsp3) is 0.267. The van der Waals surface area contributed by atoms with Crippen molar-refractivity contribution < 1.29 is 24.1 Å². The van der Waals surface area contributed by atoms with E-state index in [1.165, 1.54) is 35.2 Å². The predicted octanol–water partition coefficient (Wildman–Crippen LogP) is 4.81. The Bertz CT molecular complexity index is 1460. The van der Waals surface area contributed by atoms with Crippen molar-refractivity contribution in [2.24, 2.45) is 0 Å². The van der Waals surface area contributed by atoms with Crippen molar-refractivity contribution in [3.63, 3.8) is 0 Å². The standard InChI is InChI=1S/C30H30N4O6/c1-5-24(33-28(36)22-15-7-8-16-23(22)29(33)37)30(38)32(6-2)26(20-13-10-14-21(17-20)34(39)40)27(35)31-25-18(3)11-9-12-19(25)4/h7-17,24,26H,5-6H2,1-4H3,(H,31,35). The zero-order valence-corrected chi connectivity index (χ0v) is 22.7. The van der Waals surface area contributed by atoms with Gasteiger partial charge in [0.2, 0.25) is 5.91 Å². The minimum Gasteiger partial charge on any atom is -0.325 e. The summed E-state index contributed by atoms with van der Waals surface area (Å²) in [5.41, 5.74) is 2.59. The highest BCUT2D eigenvalue weighted by atomic mass is 16.6. The van der Waals surface area contributed by atoms with Gasteiger partial charge in [-0.2, -0.15) is 0 Å². The molecule has 4 amide bonds. The molecule has 10 heteroatoms. The quantitative estimate of drug-likeness (QED) is 0.235. The molecule has 2 atom stereocenters. The number of nitro groups is 1. The first kappa shape index (κ1) is 28.2. The first-order valence-electron chi connectivity index (χ1n) is 13.0. The van der Waals surface area contributed by atoms with Gasteiger partial charge in [-0.3, -0.25) is 34.2 Å². The average Bonchev–Trinajstić information content (AvgIpc) is 3.19. The number of amides is 4. The number of nitro benzene ring substituents is 1. The predicted molar refractivity (Wildman–Crippen MR) is 149 cm³/mol. The summed E-state index contributed by atoms with van der Waals surface area (Å²) in [5.74, 6) is -2.36. The molecule has 0 spiro atoms. The van der Waals surface area contributed by atoms with E-state index in [1.54, 1.807) is 32.0 Å². The lowest BCUT2D eigenvalue weighted by molar-refractivity contribution is -0.384. The number of hydrogen-bond acceptors (Lipinski definition) is 6. The number of nitrogens with zero attached hydrogens (tertiary/aromatic N) is 3. The Kier molecular flexibility index (Phi) is 8.08. The number of hydrogen-bond donors (Lipinski definition) is 1. The zero-order valence-electron chi connectivity index (χ0n) is 22.7. The summed E-state index contributed by atoms with van der Waals surface area (Å²) in [6.45, 7) is 7.06. The highest BCUT2D eigenvalue weighted by molar-refractivity contribution is 6.23. The smallest absolute Gasteiger partial charge is 0.269 e. The third-order valence-electron chi connectivity index (χ3n) is 7.12. The molecule has 2 unspecified atom stereocenters. The molecule has 0 fully saturated rings. The van der Waals surface area contributed by atoms with Crippen LogP contribution in [0.2, 0.25) is 0 Å². The van der Waals surface area contributed by atoms with Crippen LogP contribution in [0.5, 0.6) is 0 Å². The number of anilines is 1.